The number of rotatable bonds is 6. The molecule has 1 N–H and O–H groups in total. The Bertz CT molecular complexity index is 598. The molecule has 0 aliphatic heterocycles. The maximum absolute atomic E-state index is 11.9. The van der Waals surface area contributed by atoms with Crippen molar-refractivity contribution in [3.63, 3.8) is 0 Å². The van der Waals surface area contributed by atoms with Crippen LogP contribution in [0, 0.1) is 13.8 Å². The third kappa shape index (κ3) is 3.21. The summed E-state index contributed by atoms with van der Waals surface area (Å²) in [7, 11) is 0. The molecular formula is C17H23NO2. The summed E-state index contributed by atoms with van der Waals surface area (Å²) in [4.78, 5) is 11.9. The number of fused-ring (bicyclic) bond motifs is 1. The van der Waals surface area contributed by atoms with Crippen molar-refractivity contribution in [2.75, 3.05) is 6.54 Å². The minimum absolute atomic E-state index is 0.0713. The van der Waals surface area contributed by atoms with E-state index in [0.717, 1.165) is 41.5 Å². The van der Waals surface area contributed by atoms with Gasteiger partial charge in [-0.15, -0.1) is 0 Å². The molecule has 1 heterocycles. The fourth-order valence-electron chi connectivity index (χ4n) is 2.36. The summed E-state index contributed by atoms with van der Waals surface area (Å²) in [6.07, 6.45) is 5.48. The van der Waals surface area contributed by atoms with Gasteiger partial charge in [0.2, 0.25) is 5.91 Å². The van der Waals surface area contributed by atoms with Crippen LogP contribution in [0.15, 0.2) is 22.8 Å². The van der Waals surface area contributed by atoms with Crippen LogP contribution in [0.3, 0.4) is 0 Å². The zero-order valence-electron chi connectivity index (χ0n) is 12.6. The monoisotopic (exact) mass is 273 g/mol. The lowest BCUT2D eigenvalue weighted by molar-refractivity contribution is -0.120. The third-order valence-corrected chi connectivity index (χ3v) is 3.80. The molecule has 0 saturated heterocycles. The molecule has 2 rings (SSSR count). The second-order valence-electron chi connectivity index (χ2n) is 5.38. The number of carbonyl (C=O) groups excluding carboxylic acids is 1. The van der Waals surface area contributed by atoms with E-state index in [9.17, 15) is 4.79 Å². The normalized spacial score (nSPS) is 10.9. The van der Waals surface area contributed by atoms with Crippen LogP contribution in [0.2, 0.25) is 0 Å². The van der Waals surface area contributed by atoms with Gasteiger partial charge in [-0.2, -0.15) is 0 Å². The van der Waals surface area contributed by atoms with Gasteiger partial charge in [0.05, 0.1) is 12.7 Å². The number of amides is 1. The molecule has 1 aromatic carbocycles. The molecule has 0 spiro atoms. The number of nitrogens with one attached hydrogen (secondary N) is 1. The number of unbranched alkanes of at least 4 members (excludes halogenated alkanes) is 2. The number of benzene rings is 1. The van der Waals surface area contributed by atoms with Crippen LogP contribution in [-0.4, -0.2) is 12.5 Å². The topological polar surface area (TPSA) is 42.2 Å². The fraction of sp³-hybridized carbons (Fsp3) is 0.471. The first kappa shape index (κ1) is 14.6. The van der Waals surface area contributed by atoms with E-state index in [2.05, 4.69) is 32.2 Å². The van der Waals surface area contributed by atoms with Crippen molar-refractivity contribution in [2.45, 2.75) is 46.5 Å². The Balaban J connectivity index is 2.03. The summed E-state index contributed by atoms with van der Waals surface area (Å²) < 4.78 is 5.62. The lowest BCUT2D eigenvalue weighted by Gasteiger charge is -2.04. The molecular weight excluding hydrogens is 250 g/mol. The molecule has 0 atom stereocenters. The third-order valence-electron chi connectivity index (χ3n) is 3.80. The van der Waals surface area contributed by atoms with Gasteiger partial charge in [-0.25, -0.2) is 0 Å². The van der Waals surface area contributed by atoms with Crippen molar-refractivity contribution in [1.82, 2.24) is 5.32 Å². The standard InChI is InChI=1S/C17H23NO2/c1-4-5-6-9-18-16(19)10-14-11-20-17-13(3)12(2)7-8-15(14)17/h7-8,11H,4-6,9-10H2,1-3H3,(H,18,19). The van der Waals surface area contributed by atoms with Gasteiger partial charge < -0.3 is 9.73 Å². The highest BCUT2D eigenvalue weighted by Gasteiger charge is 2.12. The van der Waals surface area contributed by atoms with Crippen LogP contribution in [-0.2, 0) is 11.2 Å². The van der Waals surface area contributed by atoms with Crippen LogP contribution in [0.5, 0.6) is 0 Å². The van der Waals surface area contributed by atoms with E-state index >= 15 is 0 Å². The second-order valence-corrected chi connectivity index (χ2v) is 5.38. The SMILES string of the molecule is CCCCCNC(=O)Cc1coc2c(C)c(C)ccc12. The van der Waals surface area contributed by atoms with E-state index in [1.54, 1.807) is 6.26 Å². The predicted octanol–water partition coefficient (Wildman–Crippen LogP) is 3.90. The number of carbonyl (C=O) groups is 1. The molecule has 20 heavy (non-hydrogen) atoms. The maximum atomic E-state index is 11.9. The van der Waals surface area contributed by atoms with E-state index in [0.29, 0.717) is 6.42 Å². The molecule has 0 saturated carbocycles. The van der Waals surface area contributed by atoms with Crippen molar-refractivity contribution in [3.05, 3.63) is 35.1 Å². The van der Waals surface area contributed by atoms with Gasteiger partial charge in [0.1, 0.15) is 5.58 Å². The van der Waals surface area contributed by atoms with Crippen molar-refractivity contribution in [2.24, 2.45) is 0 Å². The molecule has 2 aromatic rings. The smallest absolute Gasteiger partial charge is 0.224 e. The van der Waals surface area contributed by atoms with E-state index < -0.39 is 0 Å². The highest BCUT2D eigenvalue weighted by Crippen LogP contribution is 2.26. The molecule has 0 aliphatic rings. The zero-order chi connectivity index (χ0) is 14.5. The number of hydrogen-bond donors (Lipinski definition) is 1. The van der Waals surface area contributed by atoms with Gasteiger partial charge >= 0.3 is 0 Å². The zero-order valence-corrected chi connectivity index (χ0v) is 12.6. The molecule has 3 nitrogen and oxygen atoms in total. The van der Waals surface area contributed by atoms with Gasteiger partial charge in [-0.3, -0.25) is 4.79 Å². The molecule has 1 aromatic heterocycles. The second kappa shape index (κ2) is 6.60. The molecule has 0 bridgehead atoms. The first-order valence-electron chi connectivity index (χ1n) is 7.36. The van der Waals surface area contributed by atoms with Gasteiger partial charge in [0.15, 0.2) is 0 Å². The molecule has 0 radical (unpaired) electrons. The lowest BCUT2D eigenvalue weighted by Crippen LogP contribution is -2.25. The van der Waals surface area contributed by atoms with Gasteiger partial charge in [-0.05, 0) is 31.4 Å². The fourth-order valence-corrected chi connectivity index (χ4v) is 2.36. The molecule has 0 unspecified atom stereocenters. The Kier molecular flexibility index (Phi) is 4.83. The van der Waals surface area contributed by atoms with Crippen LogP contribution < -0.4 is 5.32 Å². The Morgan fingerprint density at radius 1 is 1.25 bits per heavy atom. The van der Waals surface area contributed by atoms with E-state index in [4.69, 9.17) is 4.42 Å². The quantitative estimate of drug-likeness (QED) is 0.811. The van der Waals surface area contributed by atoms with Crippen molar-refractivity contribution >= 4 is 16.9 Å². The van der Waals surface area contributed by atoms with Crippen LogP contribution in [0.1, 0.15) is 42.9 Å². The largest absolute Gasteiger partial charge is 0.464 e. The van der Waals surface area contributed by atoms with Gasteiger partial charge in [-0.1, -0.05) is 31.9 Å². The number of aryl methyl sites for hydroxylation is 2. The molecule has 1 amide bonds. The van der Waals surface area contributed by atoms with E-state index in [1.165, 1.54) is 12.0 Å². The maximum Gasteiger partial charge on any atom is 0.224 e. The summed E-state index contributed by atoms with van der Waals surface area (Å²) in [6, 6.07) is 4.12. The first-order valence-corrected chi connectivity index (χ1v) is 7.36. The molecule has 108 valence electrons. The Morgan fingerprint density at radius 3 is 2.80 bits per heavy atom. The van der Waals surface area contributed by atoms with Gasteiger partial charge in [0.25, 0.3) is 0 Å². The number of hydrogen-bond acceptors (Lipinski definition) is 2. The summed E-state index contributed by atoms with van der Waals surface area (Å²) in [6.45, 7) is 7.04. The summed E-state index contributed by atoms with van der Waals surface area (Å²) in [5.41, 5.74) is 4.23. The van der Waals surface area contributed by atoms with E-state index in [-0.39, 0.29) is 5.91 Å². The minimum Gasteiger partial charge on any atom is -0.464 e. The van der Waals surface area contributed by atoms with Crippen molar-refractivity contribution in [3.8, 4) is 0 Å². The first-order chi connectivity index (χ1) is 9.63. The van der Waals surface area contributed by atoms with Crippen LogP contribution in [0.25, 0.3) is 11.0 Å². The average molecular weight is 273 g/mol. The van der Waals surface area contributed by atoms with Gasteiger partial charge in [0, 0.05) is 17.5 Å². The summed E-state index contributed by atoms with van der Waals surface area (Å²) in [5, 5.41) is 4.02. The van der Waals surface area contributed by atoms with Crippen LogP contribution >= 0.6 is 0 Å². The Morgan fingerprint density at radius 2 is 2.05 bits per heavy atom. The van der Waals surface area contributed by atoms with E-state index in [1.807, 2.05) is 6.07 Å². The minimum atomic E-state index is 0.0713. The molecule has 3 heteroatoms. The summed E-state index contributed by atoms with van der Waals surface area (Å²) >= 11 is 0. The summed E-state index contributed by atoms with van der Waals surface area (Å²) in [5.74, 6) is 0.0713. The highest BCUT2D eigenvalue weighted by atomic mass is 16.3. The Hall–Kier alpha value is -1.77. The molecule has 0 fully saturated rings. The van der Waals surface area contributed by atoms with Crippen molar-refractivity contribution < 1.29 is 9.21 Å². The highest BCUT2D eigenvalue weighted by molar-refractivity contribution is 5.89. The lowest BCUT2D eigenvalue weighted by atomic mass is 10.0. The average Bonchev–Trinajstić information content (AvgIpc) is 2.83. The predicted molar refractivity (Wildman–Crippen MR) is 81.9 cm³/mol. The van der Waals surface area contributed by atoms with Crippen LogP contribution in [0.4, 0.5) is 0 Å². The number of furan rings is 1. The Labute approximate surface area is 120 Å². The molecule has 0 aliphatic carbocycles. The van der Waals surface area contributed by atoms with Crippen molar-refractivity contribution in [1.29, 1.82) is 0 Å².